The zero-order valence-electron chi connectivity index (χ0n) is 10.3. The molecule has 0 N–H and O–H groups in total. The van der Waals surface area contributed by atoms with E-state index < -0.39 is 16.2 Å². The molecule has 1 saturated heterocycles. The van der Waals surface area contributed by atoms with E-state index in [1.807, 2.05) is 6.92 Å². The van der Waals surface area contributed by atoms with Gasteiger partial charge in [0, 0.05) is 4.91 Å². The van der Waals surface area contributed by atoms with Crippen molar-refractivity contribution in [2.45, 2.75) is 24.0 Å². The number of azide groups is 1. The third kappa shape index (κ3) is 3.68. The molecule has 1 aliphatic rings. The van der Waals surface area contributed by atoms with Crippen LogP contribution < -0.4 is 0 Å². The molecule has 0 radical (unpaired) electrons. The molecule has 1 aromatic carbocycles. The summed E-state index contributed by atoms with van der Waals surface area (Å²) >= 11 is 0. The smallest absolute Gasteiger partial charge is 0.296 e. The van der Waals surface area contributed by atoms with Gasteiger partial charge in [-0.15, -0.1) is 0 Å². The molecule has 0 unspecified atom stereocenters. The molecule has 7 nitrogen and oxygen atoms in total. The van der Waals surface area contributed by atoms with Crippen LogP contribution in [0.15, 0.2) is 34.3 Å². The number of nitrogens with zero attached hydrogens (tertiary/aromatic N) is 3. The van der Waals surface area contributed by atoms with Crippen molar-refractivity contribution in [1.82, 2.24) is 0 Å². The Kier molecular flexibility index (Phi) is 4.06. The van der Waals surface area contributed by atoms with Crippen LogP contribution in [0, 0.1) is 6.92 Å². The molecule has 0 amide bonds. The topological polar surface area (TPSA) is 105 Å². The Balaban J connectivity index is 2.04. The van der Waals surface area contributed by atoms with E-state index in [0.29, 0.717) is 6.61 Å². The number of aryl methyl sites for hydroxylation is 1. The summed E-state index contributed by atoms with van der Waals surface area (Å²) < 4.78 is 33.7. The van der Waals surface area contributed by atoms with E-state index in [4.69, 9.17) is 14.5 Å². The lowest BCUT2D eigenvalue weighted by molar-refractivity contribution is 0.259. The highest BCUT2D eigenvalue weighted by Gasteiger charge is 2.33. The second-order valence-corrected chi connectivity index (χ2v) is 5.81. The van der Waals surface area contributed by atoms with E-state index in [1.54, 1.807) is 12.1 Å². The summed E-state index contributed by atoms with van der Waals surface area (Å²) in [5.74, 6) is 0. The summed E-state index contributed by atoms with van der Waals surface area (Å²) in [6.45, 7) is 2.10. The van der Waals surface area contributed by atoms with E-state index in [2.05, 4.69) is 10.0 Å². The summed E-state index contributed by atoms with van der Waals surface area (Å²) in [6, 6.07) is 5.70. The normalized spacial score (nSPS) is 19.5. The zero-order valence-corrected chi connectivity index (χ0v) is 11.1. The van der Waals surface area contributed by atoms with Crippen LogP contribution in [-0.2, 0) is 19.0 Å². The fourth-order valence-electron chi connectivity index (χ4n) is 1.49. The Hall–Kier alpha value is -1.60. The van der Waals surface area contributed by atoms with E-state index in [-0.39, 0.29) is 17.6 Å². The maximum absolute atomic E-state index is 11.9. The van der Waals surface area contributed by atoms with Gasteiger partial charge in [0.1, 0.15) is 0 Å². The highest BCUT2D eigenvalue weighted by molar-refractivity contribution is 7.86. The average molecular weight is 283 g/mol. The number of rotatable bonds is 6. The highest BCUT2D eigenvalue weighted by atomic mass is 32.2. The number of ether oxygens (including phenoxy) is 1. The molecule has 19 heavy (non-hydrogen) atoms. The van der Waals surface area contributed by atoms with Crippen LogP contribution >= 0.6 is 0 Å². The first-order valence-electron chi connectivity index (χ1n) is 5.65. The summed E-state index contributed by atoms with van der Waals surface area (Å²) in [7, 11) is -3.84. The molecule has 1 aliphatic heterocycles. The molecule has 0 aromatic heterocycles. The van der Waals surface area contributed by atoms with Crippen LogP contribution in [0.25, 0.3) is 10.4 Å². The van der Waals surface area contributed by atoms with Crippen molar-refractivity contribution < 1.29 is 17.3 Å². The van der Waals surface area contributed by atoms with Gasteiger partial charge in [-0.2, -0.15) is 8.42 Å². The molecular weight excluding hydrogens is 270 g/mol. The average Bonchev–Trinajstić information content (AvgIpc) is 3.19. The molecule has 1 fully saturated rings. The van der Waals surface area contributed by atoms with Gasteiger partial charge in [-0.05, 0) is 24.6 Å². The molecule has 102 valence electrons. The lowest BCUT2D eigenvalue weighted by Crippen LogP contribution is -2.22. The first-order valence-corrected chi connectivity index (χ1v) is 7.05. The number of hydrogen-bond acceptors (Lipinski definition) is 5. The summed E-state index contributed by atoms with van der Waals surface area (Å²) in [4.78, 5) is 2.73. The highest BCUT2D eigenvalue weighted by Crippen LogP contribution is 2.20. The fourth-order valence-corrected chi connectivity index (χ4v) is 2.42. The van der Waals surface area contributed by atoms with Crippen LogP contribution in [0.4, 0.5) is 0 Å². The zero-order chi connectivity index (χ0) is 13.9. The SMILES string of the molecule is Cc1ccc(S(=O)(=O)OC[C@@H](N=[N+]=[N-])[C@@H]2CO2)cc1. The third-order valence-electron chi connectivity index (χ3n) is 2.69. The summed E-state index contributed by atoms with van der Waals surface area (Å²) in [5.41, 5.74) is 9.34. The fraction of sp³-hybridized carbons (Fsp3) is 0.455. The largest absolute Gasteiger partial charge is 0.373 e. The van der Waals surface area contributed by atoms with Crippen molar-refractivity contribution in [3.63, 3.8) is 0 Å². The van der Waals surface area contributed by atoms with E-state index in [9.17, 15) is 8.42 Å². The number of hydrogen-bond donors (Lipinski definition) is 0. The first kappa shape index (κ1) is 13.8. The molecule has 0 saturated carbocycles. The Morgan fingerprint density at radius 3 is 2.68 bits per heavy atom. The Morgan fingerprint density at radius 2 is 2.16 bits per heavy atom. The van der Waals surface area contributed by atoms with Crippen molar-refractivity contribution in [1.29, 1.82) is 0 Å². The lowest BCUT2D eigenvalue weighted by Gasteiger charge is -2.09. The van der Waals surface area contributed by atoms with Crippen molar-refractivity contribution in [2.75, 3.05) is 13.2 Å². The second kappa shape index (κ2) is 5.58. The van der Waals surface area contributed by atoms with Crippen LogP contribution in [0.1, 0.15) is 5.56 Å². The predicted octanol–water partition coefficient (Wildman–Crippen LogP) is 1.78. The van der Waals surface area contributed by atoms with Gasteiger partial charge in [0.15, 0.2) is 0 Å². The predicted molar refractivity (Wildman–Crippen MR) is 67.0 cm³/mol. The van der Waals surface area contributed by atoms with Gasteiger partial charge in [0.25, 0.3) is 10.1 Å². The minimum atomic E-state index is -3.84. The maximum atomic E-state index is 11.9. The van der Waals surface area contributed by atoms with Gasteiger partial charge in [-0.1, -0.05) is 22.8 Å². The van der Waals surface area contributed by atoms with E-state index >= 15 is 0 Å². The summed E-state index contributed by atoms with van der Waals surface area (Å²) in [6.07, 6.45) is -0.246. The standard InChI is InChI=1S/C11H13N3O4S/c1-8-2-4-9(5-3-8)19(15,16)18-6-10(13-14-12)11-7-17-11/h2-5,10-11H,6-7H2,1H3/t10-,11+/m1/s1. The van der Waals surface area contributed by atoms with Gasteiger partial charge < -0.3 is 4.74 Å². The second-order valence-electron chi connectivity index (χ2n) is 4.20. The van der Waals surface area contributed by atoms with Crippen LogP contribution in [0.5, 0.6) is 0 Å². The Labute approximate surface area is 110 Å². The molecule has 0 aliphatic carbocycles. The molecule has 1 heterocycles. The van der Waals surface area contributed by atoms with Crippen LogP contribution in [-0.4, -0.2) is 33.8 Å². The molecule has 8 heteroatoms. The van der Waals surface area contributed by atoms with Gasteiger partial charge >= 0.3 is 0 Å². The maximum Gasteiger partial charge on any atom is 0.296 e. The molecule has 0 spiro atoms. The molecule has 0 bridgehead atoms. The van der Waals surface area contributed by atoms with Gasteiger partial charge in [-0.3, -0.25) is 4.18 Å². The lowest BCUT2D eigenvalue weighted by atomic mass is 10.2. The van der Waals surface area contributed by atoms with Crippen LogP contribution in [0.2, 0.25) is 0 Å². The number of benzene rings is 1. The van der Waals surface area contributed by atoms with Crippen molar-refractivity contribution in [2.24, 2.45) is 5.11 Å². The van der Waals surface area contributed by atoms with E-state index in [1.165, 1.54) is 12.1 Å². The minimum Gasteiger partial charge on any atom is -0.373 e. The summed E-state index contributed by atoms with van der Waals surface area (Å²) in [5, 5.41) is 3.46. The van der Waals surface area contributed by atoms with Crippen LogP contribution in [0.3, 0.4) is 0 Å². The molecular formula is C11H13N3O4S. The number of epoxide rings is 1. The Morgan fingerprint density at radius 1 is 1.53 bits per heavy atom. The molecule has 2 rings (SSSR count). The quantitative estimate of drug-likeness (QED) is 0.261. The van der Waals surface area contributed by atoms with E-state index in [0.717, 1.165) is 5.56 Å². The van der Waals surface area contributed by atoms with Gasteiger partial charge in [0.05, 0.1) is 30.3 Å². The van der Waals surface area contributed by atoms with Crippen molar-refractivity contribution in [3.8, 4) is 0 Å². The monoisotopic (exact) mass is 283 g/mol. The molecule has 1 aromatic rings. The van der Waals surface area contributed by atoms with Crippen molar-refractivity contribution in [3.05, 3.63) is 40.3 Å². The minimum absolute atomic E-state index is 0.0782. The van der Waals surface area contributed by atoms with Gasteiger partial charge in [-0.25, -0.2) is 0 Å². The Bertz CT molecular complexity index is 589. The third-order valence-corrected chi connectivity index (χ3v) is 3.99. The first-order chi connectivity index (χ1) is 9.03. The molecule has 2 atom stereocenters. The van der Waals surface area contributed by atoms with Crippen molar-refractivity contribution >= 4 is 10.1 Å². The van der Waals surface area contributed by atoms with Gasteiger partial charge in [0.2, 0.25) is 0 Å².